The largest absolute Gasteiger partial charge is 0.478 e. The van der Waals surface area contributed by atoms with Gasteiger partial charge in [0.05, 0.1) is 17.4 Å². The normalized spacial score (nSPS) is 10.3. The van der Waals surface area contributed by atoms with Gasteiger partial charge >= 0.3 is 5.97 Å². The summed E-state index contributed by atoms with van der Waals surface area (Å²) >= 11 is 0. The molecular formula is C13H12N2O3. The highest BCUT2D eigenvalue weighted by molar-refractivity contribution is 5.90. The van der Waals surface area contributed by atoms with Crippen molar-refractivity contribution in [2.45, 2.75) is 13.8 Å². The molecule has 0 aliphatic heterocycles. The summed E-state index contributed by atoms with van der Waals surface area (Å²) in [4.78, 5) is 27.1. The molecule has 1 N–H and O–H groups in total. The molecule has 0 atom stereocenters. The molecule has 2 rings (SSSR count). The third-order valence-corrected chi connectivity index (χ3v) is 2.77. The van der Waals surface area contributed by atoms with Gasteiger partial charge in [-0.3, -0.25) is 14.3 Å². The Bertz CT molecular complexity index is 660. The molecule has 2 aromatic heterocycles. The van der Waals surface area contributed by atoms with E-state index in [1.54, 1.807) is 32.2 Å². The van der Waals surface area contributed by atoms with Crippen molar-refractivity contribution in [2.24, 2.45) is 0 Å². The number of aromatic nitrogens is 2. The second-order valence-electron chi connectivity index (χ2n) is 3.98. The first kappa shape index (κ1) is 12.0. The number of aryl methyl sites for hydroxylation is 1. The molecule has 0 radical (unpaired) electrons. The van der Waals surface area contributed by atoms with Crippen molar-refractivity contribution in [1.82, 2.24) is 9.55 Å². The van der Waals surface area contributed by atoms with Crippen LogP contribution in [0.2, 0.25) is 0 Å². The number of carboxylic acids is 1. The minimum Gasteiger partial charge on any atom is -0.478 e. The van der Waals surface area contributed by atoms with Crippen LogP contribution in [0.1, 0.15) is 21.6 Å². The molecule has 18 heavy (non-hydrogen) atoms. The SMILES string of the molecule is Cc1cc(=O)n(-c2cccnc2)c(C)c1C(=O)O. The summed E-state index contributed by atoms with van der Waals surface area (Å²) < 4.78 is 1.35. The van der Waals surface area contributed by atoms with Crippen molar-refractivity contribution >= 4 is 5.97 Å². The van der Waals surface area contributed by atoms with Crippen molar-refractivity contribution in [3.8, 4) is 5.69 Å². The van der Waals surface area contributed by atoms with Crippen LogP contribution >= 0.6 is 0 Å². The molecule has 0 unspecified atom stereocenters. The predicted octanol–water partition coefficient (Wildman–Crippen LogP) is 1.55. The van der Waals surface area contributed by atoms with E-state index in [4.69, 9.17) is 0 Å². The van der Waals surface area contributed by atoms with Crippen LogP contribution in [0.15, 0.2) is 35.4 Å². The Balaban J connectivity index is 2.81. The lowest BCUT2D eigenvalue weighted by molar-refractivity contribution is 0.0694. The molecule has 0 saturated heterocycles. The minimum absolute atomic E-state index is 0.151. The van der Waals surface area contributed by atoms with Crippen molar-refractivity contribution in [3.05, 3.63) is 57.8 Å². The molecule has 5 nitrogen and oxygen atoms in total. The van der Waals surface area contributed by atoms with Gasteiger partial charge in [-0.1, -0.05) is 0 Å². The lowest BCUT2D eigenvalue weighted by Crippen LogP contribution is -2.24. The van der Waals surface area contributed by atoms with Gasteiger partial charge in [-0.15, -0.1) is 0 Å². The number of rotatable bonds is 2. The zero-order valence-corrected chi connectivity index (χ0v) is 10.0. The van der Waals surface area contributed by atoms with Gasteiger partial charge in [0.1, 0.15) is 0 Å². The zero-order chi connectivity index (χ0) is 13.3. The topological polar surface area (TPSA) is 72.2 Å². The Kier molecular flexibility index (Phi) is 2.97. The third kappa shape index (κ3) is 1.90. The maximum absolute atomic E-state index is 12.0. The quantitative estimate of drug-likeness (QED) is 0.869. The van der Waals surface area contributed by atoms with Crippen LogP contribution in [0, 0.1) is 13.8 Å². The monoisotopic (exact) mass is 244 g/mol. The first-order valence-electron chi connectivity index (χ1n) is 5.39. The van der Waals surface area contributed by atoms with E-state index >= 15 is 0 Å². The molecule has 2 aromatic rings. The molecule has 0 aromatic carbocycles. The van der Waals surface area contributed by atoms with Gasteiger partial charge in [0, 0.05) is 18.0 Å². The highest BCUT2D eigenvalue weighted by Gasteiger charge is 2.16. The number of hydrogen-bond donors (Lipinski definition) is 1. The minimum atomic E-state index is -1.04. The Morgan fingerprint density at radius 2 is 2.11 bits per heavy atom. The average molecular weight is 244 g/mol. The van der Waals surface area contributed by atoms with Gasteiger partial charge in [0.25, 0.3) is 5.56 Å². The lowest BCUT2D eigenvalue weighted by atomic mass is 10.1. The molecule has 0 bridgehead atoms. The van der Waals surface area contributed by atoms with Gasteiger partial charge in [-0.05, 0) is 31.5 Å². The number of aromatic carboxylic acids is 1. The van der Waals surface area contributed by atoms with Crippen LogP contribution in [0.5, 0.6) is 0 Å². The zero-order valence-electron chi connectivity index (χ0n) is 10.0. The summed E-state index contributed by atoms with van der Waals surface area (Å²) in [5, 5.41) is 9.18. The Hall–Kier alpha value is -2.43. The van der Waals surface area contributed by atoms with Crippen molar-refractivity contribution in [2.75, 3.05) is 0 Å². The fraction of sp³-hybridized carbons (Fsp3) is 0.154. The molecule has 0 amide bonds. The van der Waals surface area contributed by atoms with Crippen molar-refractivity contribution in [3.63, 3.8) is 0 Å². The summed E-state index contributed by atoms with van der Waals surface area (Å²) in [5.41, 5.74) is 1.31. The molecule has 0 spiro atoms. The molecular weight excluding hydrogens is 232 g/mol. The molecule has 92 valence electrons. The van der Waals surface area contributed by atoms with E-state index in [1.165, 1.54) is 16.8 Å². The average Bonchev–Trinajstić information content (AvgIpc) is 2.28. The summed E-state index contributed by atoms with van der Waals surface area (Å²) in [6, 6.07) is 4.73. The van der Waals surface area contributed by atoms with Gasteiger partial charge < -0.3 is 5.11 Å². The lowest BCUT2D eigenvalue weighted by Gasteiger charge is -2.13. The first-order chi connectivity index (χ1) is 8.52. The van der Waals surface area contributed by atoms with Crippen LogP contribution < -0.4 is 5.56 Å². The van der Waals surface area contributed by atoms with E-state index in [1.807, 2.05) is 0 Å². The second kappa shape index (κ2) is 4.44. The molecule has 0 fully saturated rings. The number of carbonyl (C=O) groups is 1. The summed E-state index contributed by atoms with van der Waals surface area (Å²) in [5.74, 6) is -1.04. The van der Waals surface area contributed by atoms with E-state index in [-0.39, 0.29) is 11.1 Å². The summed E-state index contributed by atoms with van der Waals surface area (Å²) in [6.45, 7) is 3.23. The van der Waals surface area contributed by atoms with E-state index in [0.717, 1.165) is 0 Å². The van der Waals surface area contributed by atoms with Gasteiger partial charge in [-0.25, -0.2) is 4.79 Å². The van der Waals surface area contributed by atoms with Crippen LogP contribution in [-0.4, -0.2) is 20.6 Å². The Morgan fingerprint density at radius 1 is 1.39 bits per heavy atom. The molecule has 5 heteroatoms. The van der Waals surface area contributed by atoms with E-state index < -0.39 is 5.97 Å². The van der Waals surface area contributed by atoms with Crippen LogP contribution in [0.25, 0.3) is 5.69 Å². The molecule has 0 aliphatic carbocycles. The first-order valence-corrected chi connectivity index (χ1v) is 5.39. The third-order valence-electron chi connectivity index (χ3n) is 2.77. The highest BCUT2D eigenvalue weighted by Crippen LogP contribution is 2.14. The highest BCUT2D eigenvalue weighted by atomic mass is 16.4. The smallest absolute Gasteiger partial charge is 0.337 e. The van der Waals surface area contributed by atoms with Crippen molar-refractivity contribution in [1.29, 1.82) is 0 Å². The van der Waals surface area contributed by atoms with E-state index in [0.29, 0.717) is 16.9 Å². The number of carboxylic acid groups (broad SMARTS) is 1. The predicted molar refractivity (Wildman–Crippen MR) is 66.3 cm³/mol. The number of pyridine rings is 2. The van der Waals surface area contributed by atoms with E-state index in [9.17, 15) is 14.7 Å². The molecule has 0 saturated carbocycles. The number of nitrogens with zero attached hydrogens (tertiary/aromatic N) is 2. The fourth-order valence-electron chi connectivity index (χ4n) is 2.01. The second-order valence-corrected chi connectivity index (χ2v) is 3.98. The molecule has 0 aliphatic rings. The number of hydrogen-bond acceptors (Lipinski definition) is 3. The van der Waals surface area contributed by atoms with Crippen LogP contribution in [0.3, 0.4) is 0 Å². The summed E-state index contributed by atoms with van der Waals surface area (Å²) in [7, 11) is 0. The molecule has 2 heterocycles. The fourth-order valence-corrected chi connectivity index (χ4v) is 2.01. The van der Waals surface area contributed by atoms with Crippen LogP contribution in [0.4, 0.5) is 0 Å². The van der Waals surface area contributed by atoms with Crippen LogP contribution in [-0.2, 0) is 0 Å². The van der Waals surface area contributed by atoms with E-state index in [2.05, 4.69) is 4.98 Å². The Labute approximate surface area is 103 Å². The summed E-state index contributed by atoms with van der Waals surface area (Å²) in [6.07, 6.45) is 3.12. The van der Waals surface area contributed by atoms with Gasteiger partial charge in [0.2, 0.25) is 0 Å². The van der Waals surface area contributed by atoms with Gasteiger partial charge in [0.15, 0.2) is 0 Å². The van der Waals surface area contributed by atoms with Gasteiger partial charge in [-0.2, -0.15) is 0 Å². The maximum Gasteiger partial charge on any atom is 0.337 e. The van der Waals surface area contributed by atoms with Crippen molar-refractivity contribution < 1.29 is 9.90 Å². The maximum atomic E-state index is 12.0. The standard InChI is InChI=1S/C13H12N2O3/c1-8-6-11(16)15(9(2)12(8)13(17)18)10-4-3-5-14-7-10/h3-7H,1-2H3,(H,17,18). The Morgan fingerprint density at radius 3 is 2.67 bits per heavy atom.